The van der Waals surface area contributed by atoms with Crippen LogP contribution < -0.4 is 5.32 Å². The molecule has 0 aliphatic carbocycles. The summed E-state index contributed by atoms with van der Waals surface area (Å²) in [6.07, 6.45) is 4.58. The van der Waals surface area contributed by atoms with Crippen molar-refractivity contribution in [1.29, 1.82) is 0 Å². The van der Waals surface area contributed by atoms with Crippen LogP contribution >= 0.6 is 0 Å². The molecule has 1 amide bonds. The predicted molar refractivity (Wildman–Crippen MR) is 119 cm³/mol. The summed E-state index contributed by atoms with van der Waals surface area (Å²) < 4.78 is 8.89. The van der Waals surface area contributed by atoms with Gasteiger partial charge in [-0.15, -0.1) is 5.10 Å². The number of nitrogens with one attached hydrogen (secondary N) is 1. The Balaban J connectivity index is 1.74. The zero-order chi connectivity index (χ0) is 22.4. The van der Waals surface area contributed by atoms with E-state index in [1.54, 1.807) is 24.0 Å². The highest BCUT2D eigenvalue weighted by atomic mass is 16.5. The molecular formula is C23H27N5O3. The molecule has 0 aliphatic rings. The van der Waals surface area contributed by atoms with Gasteiger partial charge in [0.05, 0.1) is 18.7 Å². The molecule has 2 aromatic heterocycles. The maximum atomic E-state index is 12.5. The average molecular weight is 422 g/mol. The van der Waals surface area contributed by atoms with E-state index in [0.29, 0.717) is 24.2 Å². The van der Waals surface area contributed by atoms with Crippen molar-refractivity contribution in [2.45, 2.75) is 40.8 Å². The van der Waals surface area contributed by atoms with Crippen LogP contribution in [0.25, 0.3) is 6.08 Å². The Kier molecular flexibility index (Phi) is 7.02. The lowest BCUT2D eigenvalue weighted by atomic mass is 10.1. The second kappa shape index (κ2) is 9.88. The van der Waals surface area contributed by atoms with Crippen LogP contribution in [0.5, 0.6) is 0 Å². The summed E-state index contributed by atoms with van der Waals surface area (Å²) in [5.74, 6) is -0.555. The second-order valence-electron chi connectivity index (χ2n) is 7.00. The number of carbonyl (C=O) groups is 2. The molecule has 8 heteroatoms. The summed E-state index contributed by atoms with van der Waals surface area (Å²) in [7, 11) is 0. The Morgan fingerprint density at radius 2 is 1.87 bits per heavy atom. The van der Waals surface area contributed by atoms with Crippen LogP contribution in [0.1, 0.15) is 46.7 Å². The number of hydrogen-bond acceptors (Lipinski definition) is 5. The molecule has 31 heavy (non-hydrogen) atoms. The molecule has 3 rings (SSSR count). The van der Waals surface area contributed by atoms with E-state index in [2.05, 4.69) is 15.4 Å². The maximum absolute atomic E-state index is 12.5. The van der Waals surface area contributed by atoms with Crippen molar-refractivity contribution >= 4 is 23.9 Å². The van der Waals surface area contributed by atoms with E-state index in [0.717, 1.165) is 17.0 Å². The van der Waals surface area contributed by atoms with Crippen LogP contribution in [0, 0.1) is 13.8 Å². The summed E-state index contributed by atoms with van der Waals surface area (Å²) in [6.45, 7) is 9.14. The van der Waals surface area contributed by atoms with Crippen LogP contribution in [0.15, 0.2) is 42.7 Å². The third kappa shape index (κ3) is 5.09. The Hall–Kier alpha value is -3.68. The van der Waals surface area contributed by atoms with Gasteiger partial charge < -0.3 is 9.30 Å². The fraction of sp³-hybridized carbons (Fsp3) is 0.304. The van der Waals surface area contributed by atoms with E-state index in [-0.39, 0.29) is 18.5 Å². The van der Waals surface area contributed by atoms with Crippen molar-refractivity contribution in [3.63, 3.8) is 0 Å². The van der Waals surface area contributed by atoms with Gasteiger partial charge in [0.2, 0.25) is 5.95 Å². The summed E-state index contributed by atoms with van der Waals surface area (Å²) >= 11 is 0. The molecule has 1 N–H and O–H groups in total. The van der Waals surface area contributed by atoms with Crippen molar-refractivity contribution < 1.29 is 14.3 Å². The number of amides is 1. The van der Waals surface area contributed by atoms with Gasteiger partial charge in [-0.25, -0.2) is 14.5 Å². The molecule has 0 aliphatic heterocycles. The SMILES string of the molecule is CCOC(=O)c1c(/C=C/C(=O)Nc2ncn(Cc3ccccc3)n2)c(C)n(CC)c1C. The van der Waals surface area contributed by atoms with Crippen molar-refractivity contribution in [2.75, 3.05) is 11.9 Å². The Labute approximate surface area is 181 Å². The van der Waals surface area contributed by atoms with Crippen LogP contribution in [0.2, 0.25) is 0 Å². The van der Waals surface area contributed by atoms with E-state index in [4.69, 9.17) is 4.74 Å². The molecule has 0 spiro atoms. The van der Waals surface area contributed by atoms with Gasteiger partial charge >= 0.3 is 5.97 Å². The summed E-state index contributed by atoms with van der Waals surface area (Å²) in [4.78, 5) is 29.0. The van der Waals surface area contributed by atoms with Gasteiger partial charge in [-0.05, 0) is 39.3 Å². The van der Waals surface area contributed by atoms with E-state index in [1.165, 1.54) is 6.08 Å². The van der Waals surface area contributed by atoms with E-state index >= 15 is 0 Å². The van der Waals surface area contributed by atoms with E-state index < -0.39 is 5.97 Å². The highest BCUT2D eigenvalue weighted by molar-refractivity contribution is 6.03. The van der Waals surface area contributed by atoms with Crippen LogP contribution in [-0.2, 0) is 22.6 Å². The molecule has 8 nitrogen and oxygen atoms in total. The molecule has 0 unspecified atom stereocenters. The first kappa shape index (κ1) is 22.0. The minimum absolute atomic E-state index is 0.218. The van der Waals surface area contributed by atoms with E-state index in [9.17, 15) is 9.59 Å². The molecule has 0 saturated heterocycles. The summed E-state index contributed by atoms with van der Waals surface area (Å²) in [6, 6.07) is 9.86. The molecule has 0 saturated carbocycles. The highest BCUT2D eigenvalue weighted by Gasteiger charge is 2.22. The quantitative estimate of drug-likeness (QED) is 0.443. The number of esters is 1. The van der Waals surface area contributed by atoms with Gasteiger partial charge in [0.1, 0.15) is 6.33 Å². The Morgan fingerprint density at radius 3 is 2.55 bits per heavy atom. The lowest BCUT2D eigenvalue weighted by molar-refractivity contribution is -0.111. The molecule has 0 atom stereocenters. The van der Waals surface area contributed by atoms with Gasteiger partial charge in [0, 0.05) is 29.6 Å². The van der Waals surface area contributed by atoms with Gasteiger partial charge in [-0.3, -0.25) is 10.1 Å². The minimum atomic E-state index is -0.392. The standard InChI is InChI=1S/C23H27N5O3/c1-5-28-16(3)19(21(17(28)4)22(30)31-6-2)12-13-20(29)25-23-24-15-27(26-23)14-18-10-8-7-9-11-18/h7-13,15H,5-6,14H2,1-4H3,(H,25,26,29)/b13-12+. The number of nitrogens with zero attached hydrogens (tertiary/aromatic N) is 4. The van der Waals surface area contributed by atoms with E-state index in [1.807, 2.05) is 55.7 Å². The number of hydrogen-bond donors (Lipinski definition) is 1. The molecule has 0 radical (unpaired) electrons. The molecule has 162 valence electrons. The predicted octanol–water partition coefficient (Wildman–Crippen LogP) is 3.59. The van der Waals surface area contributed by atoms with Crippen LogP contribution in [0.4, 0.5) is 5.95 Å². The first-order valence-corrected chi connectivity index (χ1v) is 10.2. The summed E-state index contributed by atoms with van der Waals surface area (Å²) in [5, 5.41) is 6.94. The number of ether oxygens (including phenoxy) is 1. The molecule has 0 fully saturated rings. The first-order valence-electron chi connectivity index (χ1n) is 10.2. The fourth-order valence-corrected chi connectivity index (χ4v) is 3.56. The number of rotatable bonds is 8. The van der Waals surface area contributed by atoms with Crippen LogP contribution in [0.3, 0.4) is 0 Å². The van der Waals surface area contributed by atoms with Gasteiger partial charge in [0.25, 0.3) is 5.91 Å². The van der Waals surface area contributed by atoms with Crippen molar-refractivity contribution in [3.05, 3.63) is 70.8 Å². The number of carbonyl (C=O) groups excluding carboxylic acids is 2. The zero-order valence-corrected chi connectivity index (χ0v) is 18.3. The Morgan fingerprint density at radius 1 is 1.13 bits per heavy atom. The topological polar surface area (TPSA) is 91.0 Å². The minimum Gasteiger partial charge on any atom is -0.462 e. The highest BCUT2D eigenvalue weighted by Crippen LogP contribution is 2.25. The summed E-state index contributed by atoms with van der Waals surface area (Å²) in [5.41, 5.74) is 3.96. The largest absolute Gasteiger partial charge is 0.462 e. The Bertz CT molecular complexity index is 1100. The number of aromatic nitrogens is 4. The van der Waals surface area contributed by atoms with Crippen molar-refractivity contribution in [1.82, 2.24) is 19.3 Å². The van der Waals surface area contributed by atoms with Crippen LogP contribution in [-0.4, -0.2) is 37.8 Å². The first-order chi connectivity index (χ1) is 14.9. The number of benzene rings is 1. The lowest BCUT2D eigenvalue weighted by Crippen LogP contribution is -2.10. The lowest BCUT2D eigenvalue weighted by Gasteiger charge is -2.05. The molecule has 2 heterocycles. The normalized spacial score (nSPS) is 11.1. The maximum Gasteiger partial charge on any atom is 0.340 e. The second-order valence-corrected chi connectivity index (χ2v) is 7.00. The monoisotopic (exact) mass is 421 g/mol. The van der Waals surface area contributed by atoms with Gasteiger partial charge in [0.15, 0.2) is 0 Å². The molecule has 0 bridgehead atoms. The molecule has 1 aromatic carbocycles. The third-order valence-corrected chi connectivity index (χ3v) is 4.99. The average Bonchev–Trinajstić information content (AvgIpc) is 3.28. The van der Waals surface area contributed by atoms with Crippen molar-refractivity contribution in [2.24, 2.45) is 0 Å². The van der Waals surface area contributed by atoms with Gasteiger partial charge in [-0.2, -0.15) is 0 Å². The zero-order valence-electron chi connectivity index (χ0n) is 18.3. The van der Waals surface area contributed by atoms with Crippen molar-refractivity contribution in [3.8, 4) is 0 Å². The van der Waals surface area contributed by atoms with Gasteiger partial charge in [-0.1, -0.05) is 30.3 Å². The third-order valence-electron chi connectivity index (χ3n) is 4.99. The smallest absolute Gasteiger partial charge is 0.340 e. The molecular weight excluding hydrogens is 394 g/mol. The fourth-order valence-electron chi connectivity index (χ4n) is 3.56. The number of anilines is 1. The molecule has 3 aromatic rings.